The van der Waals surface area contributed by atoms with Crippen LogP contribution in [0.2, 0.25) is 0 Å². The van der Waals surface area contributed by atoms with Crippen molar-refractivity contribution in [2.45, 2.75) is 6.54 Å². The highest BCUT2D eigenvalue weighted by molar-refractivity contribution is 5.39. The number of nitrogens with one attached hydrogen (secondary N) is 1. The SMILES string of the molecule is COc1cccc(CNCCOc2ccccc2OC)c1. The standard InChI is InChI=1S/C17H21NO3/c1-19-15-7-5-6-14(12-15)13-18-10-11-21-17-9-4-3-8-16(17)20-2/h3-9,12,18H,10-11,13H2,1-2H3. The zero-order chi connectivity index (χ0) is 14.9. The first kappa shape index (κ1) is 15.2. The fourth-order valence-electron chi connectivity index (χ4n) is 1.99. The van der Waals surface area contributed by atoms with Gasteiger partial charge in [0.05, 0.1) is 14.2 Å². The van der Waals surface area contributed by atoms with Crippen LogP contribution in [0.1, 0.15) is 5.56 Å². The molecule has 0 radical (unpaired) electrons. The maximum Gasteiger partial charge on any atom is 0.161 e. The van der Waals surface area contributed by atoms with Crippen LogP contribution in [0.25, 0.3) is 0 Å². The summed E-state index contributed by atoms with van der Waals surface area (Å²) in [6, 6.07) is 15.7. The number of hydrogen-bond donors (Lipinski definition) is 1. The molecule has 21 heavy (non-hydrogen) atoms. The molecule has 0 bridgehead atoms. The Morgan fingerprint density at radius 1 is 0.905 bits per heavy atom. The van der Waals surface area contributed by atoms with Gasteiger partial charge in [-0.1, -0.05) is 24.3 Å². The Hall–Kier alpha value is -2.20. The molecule has 0 heterocycles. The largest absolute Gasteiger partial charge is 0.497 e. The fourth-order valence-corrected chi connectivity index (χ4v) is 1.99. The van der Waals surface area contributed by atoms with Crippen molar-refractivity contribution >= 4 is 0 Å². The quantitative estimate of drug-likeness (QED) is 0.758. The Kier molecular flexibility index (Phi) is 5.91. The van der Waals surface area contributed by atoms with Crippen LogP contribution in [0.4, 0.5) is 0 Å². The van der Waals surface area contributed by atoms with E-state index >= 15 is 0 Å². The Labute approximate surface area is 125 Å². The van der Waals surface area contributed by atoms with E-state index in [1.807, 2.05) is 42.5 Å². The maximum absolute atomic E-state index is 5.70. The van der Waals surface area contributed by atoms with Crippen LogP contribution in [0.15, 0.2) is 48.5 Å². The third-order valence-corrected chi connectivity index (χ3v) is 3.07. The van der Waals surface area contributed by atoms with Gasteiger partial charge in [0.2, 0.25) is 0 Å². The molecule has 0 atom stereocenters. The van der Waals surface area contributed by atoms with Crippen LogP contribution in [-0.4, -0.2) is 27.4 Å². The molecule has 0 fully saturated rings. The number of ether oxygens (including phenoxy) is 3. The molecule has 0 amide bonds. The first-order chi connectivity index (χ1) is 10.3. The molecule has 0 aliphatic rings. The number of rotatable bonds is 8. The van der Waals surface area contributed by atoms with E-state index in [-0.39, 0.29) is 0 Å². The maximum atomic E-state index is 5.70. The second-order valence-electron chi connectivity index (χ2n) is 4.53. The van der Waals surface area contributed by atoms with E-state index in [4.69, 9.17) is 14.2 Å². The highest BCUT2D eigenvalue weighted by Crippen LogP contribution is 2.25. The Balaban J connectivity index is 1.72. The average Bonchev–Trinajstić information content (AvgIpc) is 2.55. The first-order valence-corrected chi connectivity index (χ1v) is 6.93. The van der Waals surface area contributed by atoms with E-state index in [2.05, 4.69) is 11.4 Å². The van der Waals surface area contributed by atoms with Crippen molar-refractivity contribution in [2.75, 3.05) is 27.4 Å². The molecule has 4 nitrogen and oxygen atoms in total. The summed E-state index contributed by atoms with van der Waals surface area (Å²) in [6.45, 7) is 2.13. The molecule has 0 aromatic heterocycles. The lowest BCUT2D eigenvalue weighted by Crippen LogP contribution is -2.20. The molecule has 0 saturated heterocycles. The monoisotopic (exact) mass is 287 g/mol. The van der Waals surface area contributed by atoms with Crippen LogP contribution in [-0.2, 0) is 6.54 Å². The third kappa shape index (κ3) is 4.68. The van der Waals surface area contributed by atoms with Gasteiger partial charge in [0, 0.05) is 13.1 Å². The van der Waals surface area contributed by atoms with Gasteiger partial charge in [-0.25, -0.2) is 0 Å². The summed E-state index contributed by atoms with van der Waals surface area (Å²) >= 11 is 0. The Morgan fingerprint density at radius 2 is 1.71 bits per heavy atom. The zero-order valence-electron chi connectivity index (χ0n) is 12.5. The fraction of sp³-hybridized carbons (Fsp3) is 0.294. The van der Waals surface area contributed by atoms with Crippen LogP contribution < -0.4 is 19.5 Å². The van der Waals surface area contributed by atoms with E-state index in [1.165, 1.54) is 5.56 Å². The lowest BCUT2D eigenvalue weighted by Gasteiger charge is -2.11. The van der Waals surface area contributed by atoms with Crippen molar-refractivity contribution in [2.24, 2.45) is 0 Å². The summed E-state index contributed by atoms with van der Waals surface area (Å²) in [5.41, 5.74) is 1.19. The van der Waals surface area contributed by atoms with Gasteiger partial charge in [-0.2, -0.15) is 0 Å². The van der Waals surface area contributed by atoms with Gasteiger partial charge in [0.1, 0.15) is 12.4 Å². The van der Waals surface area contributed by atoms with E-state index in [1.54, 1.807) is 14.2 Å². The van der Waals surface area contributed by atoms with Crippen LogP contribution in [0.3, 0.4) is 0 Å². The van der Waals surface area contributed by atoms with Crippen molar-refractivity contribution in [3.63, 3.8) is 0 Å². The van der Waals surface area contributed by atoms with Crippen molar-refractivity contribution in [1.29, 1.82) is 0 Å². The number of para-hydroxylation sites is 2. The minimum Gasteiger partial charge on any atom is -0.497 e. The van der Waals surface area contributed by atoms with Crippen LogP contribution in [0, 0.1) is 0 Å². The lowest BCUT2D eigenvalue weighted by atomic mass is 10.2. The number of benzene rings is 2. The van der Waals surface area contributed by atoms with Crippen molar-refractivity contribution in [1.82, 2.24) is 5.32 Å². The van der Waals surface area contributed by atoms with E-state index in [0.29, 0.717) is 6.61 Å². The minimum absolute atomic E-state index is 0.588. The zero-order valence-corrected chi connectivity index (χ0v) is 12.5. The smallest absolute Gasteiger partial charge is 0.161 e. The molecule has 1 N–H and O–H groups in total. The number of hydrogen-bond acceptors (Lipinski definition) is 4. The molecule has 0 unspecified atom stereocenters. The van der Waals surface area contributed by atoms with E-state index in [0.717, 1.165) is 30.3 Å². The predicted molar refractivity (Wildman–Crippen MR) is 83.2 cm³/mol. The molecule has 2 aromatic rings. The summed E-state index contributed by atoms with van der Waals surface area (Å²) in [7, 11) is 3.32. The van der Waals surface area contributed by atoms with E-state index < -0.39 is 0 Å². The second kappa shape index (κ2) is 8.17. The summed E-state index contributed by atoms with van der Waals surface area (Å²) in [5, 5.41) is 3.34. The molecule has 0 aliphatic heterocycles. The second-order valence-corrected chi connectivity index (χ2v) is 4.53. The van der Waals surface area contributed by atoms with Crippen LogP contribution in [0.5, 0.6) is 17.2 Å². The van der Waals surface area contributed by atoms with Gasteiger partial charge in [0.25, 0.3) is 0 Å². The van der Waals surface area contributed by atoms with Gasteiger partial charge < -0.3 is 19.5 Å². The van der Waals surface area contributed by atoms with Gasteiger partial charge in [-0.15, -0.1) is 0 Å². The molecule has 0 aliphatic carbocycles. The molecule has 4 heteroatoms. The molecule has 2 aromatic carbocycles. The van der Waals surface area contributed by atoms with Crippen molar-refractivity contribution in [3.05, 3.63) is 54.1 Å². The first-order valence-electron chi connectivity index (χ1n) is 6.93. The Morgan fingerprint density at radius 3 is 2.48 bits per heavy atom. The number of methoxy groups -OCH3 is 2. The highest BCUT2D eigenvalue weighted by Gasteiger charge is 2.01. The van der Waals surface area contributed by atoms with Gasteiger partial charge in [-0.3, -0.25) is 0 Å². The average molecular weight is 287 g/mol. The normalized spacial score (nSPS) is 10.2. The minimum atomic E-state index is 0.588. The topological polar surface area (TPSA) is 39.7 Å². The van der Waals surface area contributed by atoms with Crippen molar-refractivity contribution in [3.8, 4) is 17.2 Å². The molecule has 0 saturated carbocycles. The van der Waals surface area contributed by atoms with Crippen molar-refractivity contribution < 1.29 is 14.2 Å². The summed E-state index contributed by atoms with van der Waals surface area (Å²) in [6.07, 6.45) is 0. The summed E-state index contributed by atoms with van der Waals surface area (Å²) < 4.78 is 16.1. The highest BCUT2D eigenvalue weighted by atomic mass is 16.5. The molecule has 0 spiro atoms. The predicted octanol–water partition coefficient (Wildman–Crippen LogP) is 2.87. The Bertz CT molecular complexity index is 557. The van der Waals surface area contributed by atoms with E-state index in [9.17, 15) is 0 Å². The van der Waals surface area contributed by atoms with Gasteiger partial charge >= 0.3 is 0 Å². The molecule has 2 rings (SSSR count). The van der Waals surface area contributed by atoms with Gasteiger partial charge in [0.15, 0.2) is 11.5 Å². The summed E-state index contributed by atoms with van der Waals surface area (Å²) in [5.74, 6) is 2.40. The molecular formula is C17H21NO3. The molecule has 112 valence electrons. The lowest BCUT2D eigenvalue weighted by molar-refractivity contribution is 0.292. The summed E-state index contributed by atoms with van der Waals surface area (Å²) in [4.78, 5) is 0. The van der Waals surface area contributed by atoms with Gasteiger partial charge in [-0.05, 0) is 29.8 Å². The third-order valence-electron chi connectivity index (χ3n) is 3.07. The molecular weight excluding hydrogens is 266 g/mol. The van der Waals surface area contributed by atoms with Crippen LogP contribution >= 0.6 is 0 Å².